The number of hydrogen-bond donors (Lipinski definition) is 2. The molecule has 2 N–H and O–H groups in total. The van der Waals surface area contributed by atoms with Gasteiger partial charge in [-0.2, -0.15) is 0 Å². The molecule has 0 aromatic heterocycles. The summed E-state index contributed by atoms with van der Waals surface area (Å²) >= 11 is 0. The zero-order chi connectivity index (χ0) is 25.2. The fourth-order valence-electron chi connectivity index (χ4n) is 6.04. The van der Waals surface area contributed by atoms with E-state index in [1.807, 2.05) is 32.6 Å². The zero-order valence-corrected chi connectivity index (χ0v) is 22.3. The summed E-state index contributed by atoms with van der Waals surface area (Å²) in [5, 5.41) is 6.18. The summed E-state index contributed by atoms with van der Waals surface area (Å²) < 4.78 is 0. The second-order valence-electron chi connectivity index (χ2n) is 12.1. The van der Waals surface area contributed by atoms with Crippen molar-refractivity contribution in [1.29, 1.82) is 0 Å². The van der Waals surface area contributed by atoms with E-state index in [4.69, 9.17) is 0 Å². The first-order valence-electron chi connectivity index (χ1n) is 13.6. The fourth-order valence-corrected chi connectivity index (χ4v) is 6.04. The smallest absolute Gasteiger partial charge is 0.315 e. The molecule has 2 saturated carbocycles. The van der Waals surface area contributed by atoms with Crippen LogP contribution in [0.15, 0.2) is 12.2 Å². The number of Topliss-reactive ketones (excluding diaryl/α,β-unsaturated/α-hetero) is 1. The number of likely N-dealkylation sites (tertiary alicyclic amines) is 1. The van der Waals surface area contributed by atoms with Crippen LogP contribution in [0.1, 0.15) is 92.9 Å². The van der Waals surface area contributed by atoms with Crippen molar-refractivity contribution in [3.05, 3.63) is 12.2 Å². The summed E-state index contributed by atoms with van der Waals surface area (Å²) in [7, 11) is 0. The number of urea groups is 1. The van der Waals surface area contributed by atoms with Crippen molar-refractivity contribution in [2.24, 2.45) is 29.1 Å². The summed E-state index contributed by atoms with van der Waals surface area (Å²) in [5.41, 5.74) is 0.726. The monoisotopic (exact) mass is 473 g/mol. The highest BCUT2D eigenvalue weighted by molar-refractivity contribution is 5.89. The van der Waals surface area contributed by atoms with Crippen molar-refractivity contribution in [2.45, 2.75) is 111 Å². The van der Waals surface area contributed by atoms with E-state index in [1.165, 1.54) is 6.42 Å². The highest BCUT2D eigenvalue weighted by Gasteiger charge is 2.61. The number of ketones is 1. The van der Waals surface area contributed by atoms with Gasteiger partial charge in [0, 0.05) is 25.4 Å². The Bertz CT molecular complexity index is 782. The fraction of sp³-hybridized carbons (Fsp3) is 0.821. The first-order chi connectivity index (χ1) is 16.0. The lowest BCUT2D eigenvalue weighted by Gasteiger charge is -2.39. The molecule has 0 aromatic rings. The molecule has 34 heavy (non-hydrogen) atoms. The number of rotatable bonds is 11. The lowest BCUT2D eigenvalue weighted by Crippen LogP contribution is -2.59. The van der Waals surface area contributed by atoms with Crippen LogP contribution in [0.5, 0.6) is 0 Å². The summed E-state index contributed by atoms with van der Waals surface area (Å²) in [6, 6.07) is -0.838. The molecule has 0 radical (unpaired) electrons. The number of amides is 3. The Morgan fingerprint density at radius 2 is 1.76 bits per heavy atom. The van der Waals surface area contributed by atoms with Gasteiger partial charge in [0.25, 0.3) is 0 Å². The van der Waals surface area contributed by atoms with Crippen molar-refractivity contribution in [3.63, 3.8) is 0 Å². The second-order valence-corrected chi connectivity index (χ2v) is 12.1. The number of nitrogens with one attached hydrogen (secondary N) is 2. The van der Waals surface area contributed by atoms with Gasteiger partial charge in [0.2, 0.25) is 5.91 Å². The summed E-state index contributed by atoms with van der Waals surface area (Å²) in [4.78, 5) is 40.9. The molecule has 1 aliphatic heterocycles. The number of carbonyl (C=O) groups excluding carboxylic acids is 3. The van der Waals surface area contributed by atoms with E-state index in [1.54, 1.807) is 0 Å². The van der Waals surface area contributed by atoms with E-state index in [2.05, 4.69) is 31.1 Å². The molecular weight excluding hydrogens is 426 g/mol. The van der Waals surface area contributed by atoms with Crippen LogP contribution >= 0.6 is 0 Å². The second kappa shape index (κ2) is 10.8. The molecule has 6 atom stereocenters. The number of carbonyl (C=O) groups is 3. The largest absolute Gasteiger partial charge is 0.335 e. The van der Waals surface area contributed by atoms with Crippen molar-refractivity contribution >= 4 is 17.7 Å². The highest BCUT2D eigenvalue weighted by atomic mass is 16.2. The maximum Gasteiger partial charge on any atom is 0.315 e. The van der Waals surface area contributed by atoms with Crippen LogP contribution in [-0.2, 0) is 9.59 Å². The van der Waals surface area contributed by atoms with Crippen LogP contribution in [-0.4, -0.2) is 47.3 Å². The van der Waals surface area contributed by atoms with Gasteiger partial charge in [0.15, 0.2) is 0 Å². The Hall–Kier alpha value is -1.85. The molecule has 6 nitrogen and oxygen atoms in total. The highest BCUT2D eigenvalue weighted by Crippen LogP contribution is 2.57. The van der Waals surface area contributed by atoms with Crippen LogP contribution in [0.3, 0.4) is 0 Å². The lowest BCUT2D eigenvalue weighted by atomic mass is 9.78. The molecule has 3 aliphatic rings. The lowest BCUT2D eigenvalue weighted by molar-refractivity contribution is -0.137. The molecule has 0 bridgehead atoms. The van der Waals surface area contributed by atoms with Gasteiger partial charge < -0.3 is 15.5 Å². The summed E-state index contributed by atoms with van der Waals surface area (Å²) in [5.74, 6) is 2.36. The predicted octanol–water partition coefficient (Wildman–Crippen LogP) is 5.08. The molecule has 0 aromatic carbocycles. The first kappa shape index (κ1) is 26.7. The van der Waals surface area contributed by atoms with E-state index in [9.17, 15) is 14.4 Å². The number of nitrogens with zero attached hydrogens (tertiary/aromatic N) is 1. The van der Waals surface area contributed by atoms with Gasteiger partial charge in [-0.15, -0.1) is 0 Å². The van der Waals surface area contributed by atoms with Gasteiger partial charge >= 0.3 is 6.03 Å². The van der Waals surface area contributed by atoms with Crippen molar-refractivity contribution in [1.82, 2.24) is 15.5 Å². The van der Waals surface area contributed by atoms with Crippen molar-refractivity contribution in [2.75, 3.05) is 6.54 Å². The Labute approximate surface area is 206 Å². The average Bonchev–Trinajstić information content (AvgIpc) is 3.17. The van der Waals surface area contributed by atoms with E-state index < -0.39 is 11.5 Å². The minimum atomic E-state index is -0.614. The van der Waals surface area contributed by atoms with Crippen LogP contribution in [0.25, 0.3) is 0 Å². The van der Waals surface area contributed by atoms with Gasteiger partial charge in [-0.25, -0.2) is 4.79 Å². The molecule has 6 heteroatoms. The van der Waals surface area contributed by atoms with Crippen LogP contribution in [0, 0.1) is 29.1 Å². The molecule has 192 valence electrons. The van der Waals surface area contributed by atoms with E-state index in [0.717, 1.165) is 37.8 Å². The summed E-state index contributed by atoms with van der Waals surface area (Å²) in [6.07, 6.45) is 7.00. The molecule has 3 rings (SSSR count). The van der Waals surface area contributed by atoms with Gasteiger partial charge in [-0.05, 0) is 54.8 Å². The van der Waals surface area contributed by atoms with Crippen molar-refractivity contribution < 1.29 is 14.4 Å². The Morgan fingerprint density at radius 1 is 1.09 bits per heavy atom. The van der Waals surface area contributed by atoms with Gasteiger partial charge in [0.05, 0.1) is 6.04 Å². The van der Waals surface area contributed by atoms with Crippen molar-refractivity contribution in [3.8, 4) is 0 Å². The Balaban J connectivity index is 1.69. The van der Waals surface area contributed by atoms with Crippen LogP contribution in [0.4, 0.5) is 4.79 Å². The number of fused-ring (bicyclic) bond motifs is 1. The molecule has 2 aliphatic carbocycles. The Kier molecular flexibility index (Phi) is 8.51. The molecule has 4 unspecified atom stereocenters. The van der Waals surface area contributed by atoms with Crippen LogP contribution < -0.4 is 10.6 Å². The molecule has 1 saturated heterocycles. The standard InChI is InChI=1S/C28H47N3O3/c1-8-11-17(3)24-23-18(4)21(23)16-31(24)26(33)25(28(5,6)7)30-27(34)29-22(19-12-10-13-19)15-14-20(32)9-2/h18-19,21-25H,3,8-16H2,1-2,4-7H3,(H2,29,30,34)/t18?,21-,22?,23+,24?,25?/m1/s1. The maximum atomic E-state index is 13.9. The molecule has 3 fully saturated rings. The third-order valence-electron chi connectivity index (χ3n) is 8.57. The number of piperidine rings is 1. The zero-order valence-electron chi connectivity index (χ0n) is 22.3. The van der Waals surface area contributed by atoms with E-state index >= 15 is 0 Å². The first-order valence-corrected chi connectivity index (χ1v) is 13.6. The minimum absolute atomic E-state index is 0.00524. The van der Waals surface area contributed by atoms with E-state index in [0.29, 0.717) is 42.9 Å². The maximum absolute atomic E-state index is 13.9. The molecule has 1 heterocycles. The third kappa shape index (κ3) is 5.85. The summed E-state index contributed by atoms with van der Waals surface area (Å²) in [6.45, 7) is 17.4. The molecule has 3 amide bonds. The quantitative estimate of drug-likeness (QED) is 0.411. The molecular formula is C28H47N3O3. The minimum Gasteiger partial charge on any atom is -0.335 e. The van der Waals surface area contributed by atoms with Gasteiger partial charge in [-0.1, -0.05) is 66.5 Å². The topological polar surface area (TPSA) is 78.5 Å². The molecule has 0 spiro atoms. The number of hydrogen-bond acceptors (Lipinski definition) is 3. The normalized spacial score (nSPS) is 27.9. The average molecular weight is 474 g/mol. The predicted molar refractivity (Wildman–Crippen MR) is 136 cm³/mol. The SMILES string of the molecule is C=C(CCC)C1[C@H]2C(C)[C@H]2CN1C(=O)C(NC(=O)NC(CCC(=O)CC)C1CCC1)C(C)(C)C. The Morgan fingerprint density at radius 3 is 2.29 bits per heavy atom. The van der Waals surface area contributed by atoms with Gasteiger partial charge in [-0.3, -0.25) is 9.59 Å². The third-order valence-corrected chi connectivity index (χ3v) is 8.57. The van der Waals surface area contributed by atoms with Crippen LogP contribution in [0.2, 0.25) is 0 Å². The van der Waals surface area contributed by atoms with Gasteiger partial charge in [0.1, 0.15) is 11.8 Å². The van der Waals surface area contributed by atoms with E-state index in [-0.39, 0.29) is 29.8 Å².